The molecule has 1 aliphatic heterocycles. The van der Waals surface area contributed by atoms with Gasteiger partial charge in [-0.05, 0) is 43.4 Å². The van der Waals surface area contributed by atoms with Gasteiger partial charge in [-0.15, -0.1) is 0 Å². The molecule has 1 heterocycles. The standard InChI is InChI=1S/C15H23NO3/c1-11-8-13(17-2)15(14(9-11)18-3)16-10-12-4-6-19-7-5-12/h8-9,12,16H,4-7,10H2,1-3H3. The molecule has 0 amide bonds. The summed E-state index contributed by atoms with van der Waals surface area (Å²) in [6, 6.07) is 4.05. The zero-order valence-corrected chi connectivity index (χ0v) is 12.0. The Bertz CT molecular complexity index is 389. The largest absolute Gasteiger partial charge is 0.494 e. The van der Waals surface area contributed by atoms with Crippen molar-refractivity contribution < 1.29 is 14.2 Å². The Morgan fingerprint density at radius 1 is 1.16 bits per heavy atom. The first-order valence-electron chi connectivity index (χ1n) is 6.79. The van der Waals surface area contributed by atoms with Crippen molar-refractivity contribution in [1.82, 2.24) is 0 Å². The molecule has 0 aromatic heterocycles. The average Bonchev–Trinajstić information content (AvgIpc) is 2.46. The highest BCUT2D eigenvalue weighted by Crippen LogP contribution is 2.36. The molecule has 1 saturated heterocycles. The van der Waals surface area contributed by atoms with Crippen LogP contribution in [0.15, 0.2) is 12.1 Å². The van der Waals surface area contributed by atoms with Gasteiger partial charge in [0.05, 0.1) is 14.2 Å². The molecule has 19 heavy (non-hydrogen) atoms. The minimum absolute atomic E-state index is 0.657. The molecule has 0 spiro atoms. The monoisotopic (exact) mass is 265 g/mol. The van der Waals surface area contributed by atoms with E-state index >= 15 is 0 Å². The maximum atomic E-state index is 5.44. The third kappa shape index (κ3) is 3.53. The van der Waals surface area contributed by atoms with Crippen molar-refractivity contribution in [2.45, 2.75) is 19.8 Å². The smallest absolute Gasteiger partial charge is 0.146 e. The first-order chi connectivity index (χ1) is 9.24. The molecule has 1 N–H and O–H groups in total. The lowest BCUT2D eigenvalue weighted by molar-refractivity contribution is 0.0699. The lowest BCUT2D eigenvalue weighted by Crippen LogP contribution is -2.23. The van der Waals surface area contributed by atoms with Crippen molar-refractivity contribution >= 4 is 5.69 Å². The molecule has 0 bridgehead atoms. The summed E-state index contributed by atoms with van der Waals surface area (Å²) in [7, 11) is 3.38. The number of hydrogen-bond acceptors (Lipinski definition) is 4. The molecule has 0 unspecified atom stereocenters. The van der Waals surface area contributed by atoms with Gasteiger partial charge < -0.3 is 19.5 Å². The van der Waals surface area contributed by atoms with Gasteiger partial charge in [-0.2, -0.15) is 0 Å². The Balaban J connectivity index is 2.09. The molecular formula is C15H23NO3. The lowest BCUT2D eigenvalue weighted by atomic mass is 10.0. The van der Waals surface area contributed by atoms with Gasteiger partial charge >= 0.3 is 0 Å². The van der Waals surface area contributed by atoms with Gasteiger partial charge in [-0.3, -0.25) is 0 Å². The highest BCUT2D eigenvalue weighted by Gasteiger charge is 2.16. The van der Waals surface area contributed by atoms with E-state index < -0.39 is 0 Å². The van der Waals surface area contributed by atoms with Crippen LogP contribution in [0.2, 0.25) is 0 Å². The predicted octanol–water partition coefficient (Wildman–Crippen LogP) is 2.85. The van der Waals surface area contributed by atoms with Crippen LogP contribution in [-0.4, -0.2) is 34.0 Å². The first-order valence-corrected chi connectivity index (χ1v) is 6.79. The highest BCUT2D eigenvalue weighted by atomic mass is 16.5. The van der Waals surface area contributed by atoms with Crippen molar-refractivity contribution in [3.8, 4) is 11.5 Å². The summed E-state index contributed by atoms with van der Waals surface area (Å²) in [6.45, 7) is 4.70. The number of hydrogen-bond donors (Lipinski definition) is 1. The minimum atomic E-state index is 0.657. The number of anilines is 1. The normalized spacial score (nSPS) is 16.2. The molecule has 1 aliphatic rings. The molecule has 4 heteroatoms. The van der Waals surface area contributed by atoms with Crippen molar-refractivity contribution in [2.75, 3.05) is 39.3 Å². The van der Waals surface area contributed by atoms with Crippen LogP contribution in [0.1, 0.15) is 18.4 Å². The van der Waals surface area contributed by atoms with E-state index in [2.05, 4.69) is 5.32 Å². The molecule has 0 aliphatic carbocycles. The Labute approximate surface area is 115 Å². The third-order valence-electron chi connectivity index (χ3n) is 3.56. The fourth-order valence-corrected chi connectivity index (χ4v) is 2.41. The van der Waals surface area contributed by atoms with Crippen molar-refractivity contribution in [1.29, 1.82) is 0 Å². The molecule has 1 fully saturated rings. The van der Waals surface area contributed by atoms with E-state index in [0.29, 0.717) is 5.92 Å². The summed E-state index contributed by atoms with van der Waals surface area (Å²) >= 11 is 0. The van der Waals surface area contributed by atoms with Crippen LogP contribution in [-0.2, 0) is 4.74 Å². The van der Waals surface area contributed by atoms with E-state index in [4.69, 9.17) is 14.2 Å². The second-order valence-electron chi connectivity index (χ2n) is 4.98. The van der Waals surface area contributed by atoms with Gasteiger partial charge in [-0.1, -0.05) is 0 Å². The van der Waals surface area contributed by atoms with E-state index in [0.717, 1.165) is 55.4 Å². The summed E-state index contributed by atoms with van der Waals surface area (Å²) < 4.78 is 16.3. The van der Waals surface area contributed by atoms with Crippen LogP contribution in [0.5, 0.6) is 11.5 Å². The number of aryl methyl sites for hydroxylation is 1. The first kappa shape index (κ1) is 14.0. The number of methoxy groups -OCH3 is 2. The van der Waals surface area contributed by atoms with Crippen LogP contribution in [0.25, 0.3) is 0 Å². The summed E-state index contributed by atoms with van der Waals surface area (Å²) in [5.41, 5.74) is 2.08. The molecule has 4 nitrogen and oxygen atoms in total. The maximum Gasteiger partial charge on any atom is 0.146 e. The zero-order valence-electron chi connectivity index (χ0n) is 12.0. The SMILES string of the molecule is COc1cc(C)cc(OC)c1NCC1CCOCC1. The predicted molar refractivity (Wildman–Crippen MR) is 76.3 cm³/mol. The maximum absolute atomic E-state index is 5.44. The van der Waals surface area contributed by atoms with Crippen molar-refractivity contribution in [3.05, 3.63) is 17.7 Å². The Kier molecular flexibility index (Phi) is 4.91. The number of rotatable bonds is 5. The number of benzene rings is 1. The molecular weight excluding hydrogens is 242 g/mol. The molecule has 2 rings (SSSR count). The van der Waals surface area contributed by atoms with E-state index in [1.807, 2.05) is 19.1 Å². The van der Waals surface area contributed by atoms with Crippen LogP contribution < -0.4 is 14.8 Å². The van der Waals surface area contributed by atoms with Gasteiger partial charge in [-0.25, -0.2) is 0 Å². The second kappa shape index (κ2) is 6.66. The summed E-state index contributed by atoms with van der Waals surface area (Å²) in [5, 5.41) is 3.48. The van der Waals surface area contributed by atoms with Crippen LogP contribution in [0.3, 0.4) is 0 Å². The lowest BCUT2D eigenvalue weighted by Gasteiger charge is -2.24. The van der Waals surface area contributed by atoms with Crippen LogP contribution in [0, 0.1) is 12.8 Å². The molecule has 0 radical (unpaired) electrons. The second-order valence-corrected chi connectivity index (χ2v) is 4.98. The molecule has 106 valence electrons. The van der Waals surface area contributed by atoms with Crippen LogP contribution in [0.4, 0.5) is 5.69 Å². The Hall–Kier alpha value is -1.42. The van der Waals surface area contributed by atoms with Gasteiger partial charge in [0.25, 0.3) is 0 Å². The summed E-state index contributed by atoms with van der Waals surface area (Å²) in [4.78, 5) is 0. The van der Waals surface area contributed by atoms with E-state index in [1.54, 1.807) is 14.2 Å². The Morgan fingerprint density at radius 3 is 2.26 bits per heavy atom. The van der Waals surface area contributed by atoms with Gasteiger partial charge in [0.15, 0.2) is 0 Å². The van der Waals surface area contributed by atoms with Crippen molar-refractivity contribution in [2.24, 2.45) is 5.92 Å². The van der Waals surface area contributed by atoms with Gasteiger partial charge in [0.1, 0.15) is 17.2 Å². The van der Waals surface area contributed by atoms with Crippen molar-refractivity contribution in [3.63, 3.8) is 0 Å². The summed E-state index contributed by atoms with van der Waals surface area (Å²) in [5.74, 6) is 2.33. The average molecular weight is 265 g/mol. The fraction of sp³-hybridized carbons (Fsp3) is 0.600. The quantitative estimate of drug-likeness (QED) is 0.888. The summed E-state index contributed by atoms with van der Waals surface area (Å²) in [6.07, 6.45) is 2.23. The Morgan fingerprint density at radius 2 is 1.74 bits per heavy atom. The number of nitrogens with one attached hydrogen (secondary N) is 1. The van der Waals surface area contributed by atoms with Gasteiger partial charge in [0.2, 0.25) is 0 Å². The van der Waals surface area contributed by atoms with E-state index in [-0.39, 0.29) is 0 Å². The third-order valence-corrected chi connectivity index (χ3v) is 3.56. The zero-order chi connectivity index (χ0) is 13.7. The highest BCUT2D eigenvalue weighted by molar-refractivity contribution is 5.67. The number of ether oxygens (including phenoxy) is 3. The van der Waals surface area contributed by atoms with E-state index in [1.165, 1.54) is 0 Å². The molecule has 0 saturated carbocycles. The van der Waals surface area contributed by atoms with Gasteiger partial charge in [0, 0.05) is 19.8 Å². The van der Waals surface area contributed by atoms with E-state index in [9.17, 15) is 0 Å². The fourth-order valence-electron chi connectivity index (χ4n) is 2.41. The minimum Gasteiger partial charge on any atom is -0.494 e. The van der Waals surface area contributed by atoms with Crippen LogP contribution >= 0.6 is 0 Å². The molecule has 0 atom stereocenters. The topological polar surface area (TPSA) is 39.7 Å². The molecule has 1 aromatic rings. The molecule has 1 aromatic carbocycles.